The molecule has 16 heavy (non-hydrogen) atoms. The van der Waals surface area contributed by atoms with Gasteiger partial charge in [0.25, 0.3) is 0 Å². The zero-order valence-electron chi connectivity index (χ0n) is 9.82. The van der Waals surface area contributed by atoms with Gasteiger partial charge in [-0.25, -0.2) is 4.39 Å². The lowest BCUT2D eigenvalue weighted by Gasteiger charge is -2.20. The number of halogens is 1. The fraction of sp³-hybridized carbons (Fsp3) is 0.538. The Labute approximate surface area is 96.7 Å². The molecular formula is C13H20FNO. The van der Waals surface area contributed by atoms with Crippen LogP contribution in [0.4, 0.5) is 4.39 Å². The summed E-state index contributed by atoms with van der Waals surface area (Å²) >= 11 is 0. The van der Waals surface area contributed by atoms with Crippen molar-refractivity contribution in [3.05, 3.63) is 35.6 Å². The summed E-state index contributed by atoms with van der Waals surface area (Å²) in [5.41, 5.74) is 1.01. The van der Waals surface area contributed by atoms with E-state index in [4.69, 9.17) is 5.11 Å². The van der Waals surface area contributed by atoms with Gasteiger partial charge in [-0.3, -0.25) is 4.90 Å². The average molecular weight is 225 g/mol. The van der Waals surface area contributed by atoms with Crippen LogP contribution in [-0.4, -0.2) is 29.7 Å². The van der Waals surface area contributed by atoms with Crippen LogP contribution in [0.5, 0.6) is 0 Å². The molecule has 0 saturated carbocycles. The standard InChI is InChI=1S/C13H20FNO/c1-2-15(8-3-4-9-16)11-12-6-5-7-13(14)10-12/h5-7,10,16H,2-4,8-9,11H2,1H3. The summed E-state index contributed by atoms with van der Waals surface area (Å²) in [5.74, 6) is -0.177. The van der Waals surface area contributed by atoms with Crippen molar-refractivity contribution in [1.29, 1.82) is 0 Å². The minimum Gasteiger partial charge on any atom is -0.396 e. The van der Waals surface area contributed by atoms with Crippen molar-refractivity contribution in [3.63, 3.8) is 0 Å². The molecule has 0 aliphatic rings. The van der Waals surface area contributed by atoms with E-state index in [1.165, 1.54) is 6.07 Å². The van der Waals surface area contributed by atoms with E-state index in [9.17, 15) is 4.39 Å². The molecule has 0 aliphatic heterocycles. The van der Waals surface area contributed by atoms with E-state index in [0.29, 0.717) is 0 Å². The highest BCUT2D eigenvalue weighted by Gasteiger charge is 2.03. The van der Waals surface area contributed by atoms with Crippen LogP contribution in [0.15, 0.2) is 24.3 Å². The first-order chi connectivity index (χ1) is 7.76. The van der Waals surface area contributed by atoms with Crippen LogP contribution in [0.2, 0.25) is 0 Å². The quantitative estimate of drug-likeness (QED) is 0.720. The van der Waals surface area contributed by atoms with E-state index >= 15 is 0 Å². The van der Waals surface area contributed by atoms with E-state index in [1.54, 1.807) is 12.1 Å². The molecule has 0 saturated heterocycles. The Balaban J connectivity index is 2.43. The maximum absolute atomic E-state index is 13.0. The van der Waals surface area contributed by atoms with E-state index < -0.39 is 0 Å². The zero-order valence-corrected chi connectivity index (χ0v) is 9.82. The summed E-state index contributed by atoms with van der Waals surface area (Å²) in [6.07, 6.45) is 1.82. The normalized spacial score (nSPS) is 11.0. The summed E-state index contributed by atoms with van der Waals surface area (Å²) in [4.78, 5) is 2.25. The van der Waals surface area contributed by atoms with Crippen LogP contribution in [0, 0.1) is 5.82 Å². The number of rotatable bonds is 7. The molecule has 1 N–H and O–H groups in total. The predicted octanol–water partition coefficient (Wildman–Crippen LogP) is 2.42. The van der Waals surface area contributed by atoms with Crippen LogP contribution in [0.3, 0.4) is 0 Å². The molecule has 0 fully saturated rings. The maximum Gasteiger partial charge on any atom is 0.123 e. The van der Waals surface area contributed by atoms with Gasteiger partial charge in [0.1, 0.15) is 5.82 Å². The molecule has 0 spiro atoms. The molecule has 0 amide bonds. The summed E-state index contributed by atoms with van der Waals surface area (Å²) in [5, 5.41) is 8.71. The SMILES string of the molecule is CCN(CCCCO)Cc1cccc(F)c1. The van der Waals surface area contributed by atoms with Crippen molar-refractivity contribution in [2.24, 2.45) is 0 Å². The second-order valence-electron chi connectivity index (χ2n) is 3.93. The molecule has 0 heterocycles. The highest BCUT2D eigenvalue weighted by molar-refractivity contribution is 5.16. The van der Waals surface area contributed by atoms with E-state index in [-0.39, 0.29) is 12.4 Å². The Bertz CT molecular complexity index is 304. The molecule has 2 nitrogen and oxygen atoms in total. The van der Waals surface area contributed by atoms with Gasteiger partial charge in [0, 0.05) is 13.2 Å². The molecule has 0 unspecified atom stereocenters. The molecule has 0 aliphatic carbocycles. The third kappa shape index (κ3) is 4.73. The van der Waals surface area contributed by atoms with Crippen molar-refractivity contribution in [2.45, 2.75) is 26.3 Å². The minimum atomic E-state index is -0.177. The largest absolute Gasteiger partial charge is 0.396 e. The highest BCUT2D eigenvalue weighted by atomic mass is 19.1. The third-order valence-corrected chi connectivity index (χ3v) is 2.62. The molecule has 1 rings (SSSR count). The maximum atomic E-state index is 13.0. The van der Waals surface area contributed by atoms with Gasteiger partial charge in [-0.15, -0.1) is 0 Å². The number of benzene rings is 1. The van der Waals surface area contributed by atoms with Gasteiger partial charge in [-0.2, -0.15) is 0 Å². The summed E-state index contributed by atoms with van der Waals surface area (Å²) < 4.78 is 13.0. The first-order valence-corrected chi connectivity index (χ1v) is 5.84. The number of unbranched alkanes of at least 4 members (excludes halogenated alkanes) is 1. The Morgan fingerprint density at radius 1 is 1.31 bits per heavy atom. The van der Waals surface area contributed by atoms with Gasteiger partial charge < -0.3 is 5.11 Å². The van der Waals surface area contributed by atoms with Crippen LogP contribution in [0.1, 0.15) is 25.3 Å². The second-order valence-corrected chi connectivity index (χ2v) is 3.93. The molecule has 0 bridgehead atoms. The van der Waals surface area contributed by atoms with Crippen LogP contribution >= 0.6 is 0 Å². The summed E-state index contributed by atoms with van der Waals surface area (Å²) in [6, 6.07) is 6.73. The molecule has 90 valence electrons. The molecule has 1 aromatic carbocycles. The average Bonchev–Trinajstić information content (AvgIpc) is 2.28. The van der Waals surface area contributed by atoms with Gasteiger partial charge in [0.15, 0.2) is 0 Å². The molecule has 0 aromatic heterocycles. The van der Waals surface area contributed by atoms with Crippen LogP contribution in [0.25, 0.3) is 0 Å². The predicted molar refractivity (Wildman–Crippen MR) is 63.7 cm³/mol. The summed E-state index contributed by atoms with van der Waals surface area (Å²) in [6.45, 7) is 5.02. The monoisotopic (exact) mass is 225 g/mol. The fourth-order valence-corrected chi connectivity index (χ4v) is 1.69. The molecular weight excluding hydrogens is 205 g/mol. The summed E-state index contributed by atoms with van der Waals surface area (Å²) in [7, 11) is 0. The molecule has 0 atom stereocenters. The smallest absolute Gasteiger partial charge is 0.123 e. The fourth-order valence-electron chi connectivity index (χ4n) is 1.69. The van der Waals surface area contributed by atoms with Crippen molar-refractivity contribution < 1.29 is 9.50 Å². The Morgan fingerprint density at radius 2 is 2.12 bits per heavy atom. The second kappa shape index (κ2) is 7.36. The number of hydrogen-bond donors (Lipinski definition) is 1. The van der Waals surface area contributed by atoms with Crippen molar-refractivity contribution >= 4 is 0 Å². The first kappa shape index (κ1) is 13.1. The Hall–Kier alpha value is -0.930. The van der Waals surface area contributed by atoms with E-state index in [0.717, 1.165) is 38.0 Å². The number of hydrogen-bond acceptors (Lipinski definition) is 2. The van der Waals surface area contributed by atoms with Crippen LogP contribution in [-0.2, 0) is 6.54 Å². The lowest BCUT2D eigenvalue weighted by molar-refractivity contribution is 0.243. The lowest BCUT2D eigenvalue weighted by atomic mass is 10.2. The lowest BCUT2D eigenvalue weighted by Crippen LogP contribution is -2.24. The number of aliphatic hydroxyl groups excluding tert-OH is 1. The van der Waals surface area contributed by atoms with Crippen LogP contribution < -0.4 is 0 Å². The van der Waals surface area contributed by atoms with Gasteiger partial charge in [0.2, 0.25) is 0 Å². The molecule has 0 radical (unpaired) electrons. The Morgan fingerprint density at radius 3 is 2.75 bits per heavy atom. The van der Waals surface area contributed by atoms with Gasteiger partial charge in [-0.1, -0.05) is 19.1 Å². The minimum absolute atomic E-state index is 0.177. The molecule has 1 aromatic rings. The van der Waals surface area contributed by atoms with Crippen molar-refractivity contribution in [3.8, 4) is 0 Å². The number of aliphatic hydroxyl groups is 1. The first-order valence-electron chi connectivity index (χ1n) is 5.84. The third-order valence-electron chi connectivity index (χ3n) is 2.62. The topological polar surface area (TPSA) is 23.5 Å². The zero-order chi connectivity index (χ0) is 11.8. The number of nitrogens with zero attached hydrogens (tertiary/aromatic N) is 1. The van der Waals surface area contributed by atoms with Crippen molar-refractivity contribution in [2.75, 3.05) is 19.7 Å². The van der Waals surface area contributed by atoms with E-state index in [2.05, 4.69) is 11.8 Å². The highest BCUT2D eigenvalue weighted by Crippen LogP contribution is 2.08. The van der Waals surface area contributed by atoms with Crippen molar-refractivity contribution in [1.82, 2.24) is 4.90 Å². The van der Waals surface area contributed by atoms with Gasteiger partial charge in [-0.05, 0) is 43.6 Å². The Kier molecular flexibility index (Phi) is 6.04. The van der Waals surface area contributed by atoms with Gasteiger partial charge in [0.05, 0.1) is 0 Å². The van der Waals surface area contributed by atoms with Gasteiger partial charge >= 0.3 is 0 Å². The molecule has 3 heteroatoms. The van der Waals surface area contributed by atoms with E-state index in [1.807, 2.05) is 6.07 Å².